The monoisotopic (exact) mass is 290 g/mol. The molecule has 0 unspecified atom stereocenters. The van der Waals surface area contributed by atoms with Crippen LogP contribution in [-0.4, -0.2) is 22.5 Å². The van der Waals surface area contributed by atoms with Gasteiger partial charge >= 0.3 is 0 Å². The van der Waals surface area contributed by atoms with E-state index in [1.807, 2.05) is 0 Å². The molecule has 7 heteroatoms. The number of nitrogen functional groups attached to an aromatic ring is 1. The average Bonchev–Trinajstić information content (AvgIpc) is 3.07. The number of H-pyrrole nitrogens is 1. The molecule has 0 atom stereocenters. The van der Waals surface area contributed by atoms with E-state index in [1.54, 1.807) is 37.6 Å². The number of hydrogen-bond donors (Lipinski definition) is 2. The van der Waals surface area contributed by atoms with Gasteiger partial charge in [0, 0.05) is 16.8 Å². The first-order valence-corrected chi connectivity index (χ1v) is 6.17. The Morgan fingerprint density at radius 2 is 2.20 bits per heavy atom. The molecule has 0 saturated heterocycles. The van der Waals surface area contributed by atoms with E-state index in [1.165, 1.54) is 0 Å². The zero-order chi connectivity index (χ0) is 14.1. The summed E-state index contributed by atoms with van der Waals surface area (Å²) in [5.41, 5.74) is 8.47. The number of aromatic nitrogens is 3. The molecule has 0 aliphatic rings. The Kier molecular flexibility index (Phi) is 3.08. The summed E-state index contributed by atoms with van der Waals surface area (Å²) in [6, 6.07) is 7.03. The lowest BCUT2D eigenvalue weighted by atomic mass is 10.0. The van der Waals surface area contributed by atoms with Gasteiger partial charge in [0.15, 0.2) is 0 Å². The van der Waals surface area contributed by atoms with E-state index in [9.17, 15) is 0 Å². The van der Waals surface area contributed by atoms with Gasteiger partial charge in [-0.15, -0.1) is 0 Å². The molecule has 3 aromatic rings. The van der Waals surface area contributed by atoms with Crippen LogP contribution in [0.25, 0.3) is 22.5 Å². The van der Waals surface area contributed by atoms with Gasteiger partial charge in [-0.05, 0) is 24.3 Å². The molecule has 20 heavy (non-hydrogen) atoms. The highest BCUT2D eigenvalue weighted by molar-refractivity contribution is 6.31. The van der Waals surface area contributed by atoms with Gasteiger partial charge in [0.2, 0.25) is 5.88 Å². The molecule has 0 aliphatic heterocycles. The van der Waals surface area contributed by atoms with Crippen LogP contribution in [0.5, 0.6) is 5.75 Å². The lowest BCUT2D eigenvalue weighted by Gasteiger charge is -2.08. The minimum atomic E-state index is 0.190. The lowest BCUT2D eigenvalue weighted by molar-refractivity contribution is 0.416. The lowest BCUT2D eigenvalue weighted by Crippen LogP contribution is -1.92. The minimum absolute atomic E-state index is 0.190. The fourth-order valence-corrected chi connectivity index (χ4v) is 2.18. The Morgan fingerprint density at radius 3 is 2.90 bits per heavy atom. The second-order valence-electron chi connectivity index (χ2n) is 4.09. The second-order valence-corrected chi connectivity index (χ2v) is 4.52. The highest BCUT2D eigenvalue weighted by Gasteiger charge is 2.21. The van der Waals surface area contributed by atoms with Crippen LogP contribution in [0.15, 0.2) is 35.0 Å². The van der Waals surface area contributed by atoms with Crippen LogP contribution in [-0.2, 0) is 0 Å². The van der Waals surface area contributed by atoms with Gasteiger partial charge in [-0.1, -0.05) is 16.8 Å². The van der Waals surface area contributed by atoms with Crippen molar-refractivity contribution < 1.29 is 9.26 Å². The Balaban J connectivity index is 2.25. The summed E-state index contributed by atoms with van der Waals surface area (Å²) in [7, 11) is 1.58. The summed E-state index contributed by atoms with van der Waals surface area (Å²) < 4.78 is 10.4. The van der Waals surface area contributed by atoms with E-state index in [2.05, 4.69) is 15.4 Å². The third kappa shape index (κ3) is 2.00. The normalized spacial score (nSPS) is 10.7. The molecular weight excluding hydrogens is 280 g/mol. The van der Waals surface area contributed by atoms with Gasteiger partial charge < -0.3 is 15.0 Å². The second kappa shape index (κ2) is 4.90. The van der Waals surface area contributed by atoms with Crippen molar-refractivity contribution >= 4 is 17.5 Å². The summed E-state index contributed by atoms with van der Waals surface area (Å²) in [6.07, 6.45) is 1.62. The Bertz CT molecular complexity index is 737. The van der Waals surface area contributed by atoms with E-state index < -0.39 is 0 Å². The molecule has 1 aromatic carbocycles. The minimum Gasteiger partial charge on any atom is -0.496 e. The van der Waals surface area contributed by atoms with Crippen molar-refractivity contribution in [3.63, 3.8) is 0 Å². The zero-order valence-electron chi connectivity index (χ0n) is 10.6. The Hall–Kier alpha value is -2.47. The Morgan fingerprint density at radius 1 is 1.35 bits per heavy atom. The molecular formula is C13H11ClN4O2. The standard InChI is InChI=1S/C13H11ClN4O2/c1-19-10-3-2-7(14)6-8(10)11-12(18-20-13(11)15)9-4-5-16-17-9/h2-6H,15H2,1H3,(H,16,17). The van der Waals surface area contributed by atoms with Gasteiger partial charge in [0.25, 0.3) is 0 Å². The smallest absolute Gasteiger partial charge is 0.230 e. The fourth-order valence-electron chi connectivity index (χ4n) is 2.01. The summed E-state index contributed by atoms with van der Waals surface area (Å²) in [6.45, 7) is 0. The number of nitrogens with two attached hydrogens (primary N) is 1. The van der Waals surface area contributed by atoms with Crippen LogP contribution in [0.4, 0.5) is 5.88 Å². The van der Waals surface area contributed by atoms with Gasteiger partial charge in [-0.2, -0.15) is 5.10 Å². The van der Waals surface area contributed by atoms with E-state index in [0.29, 0.717) is 33.3 Å². The van der Waals surface area contributed by atoms with E-state index in [4.69, 9.17) is 26.6 Å². The van der Waals surface area contributed by atoms with Crippen molar-refractivity contribution in [2.45, 2.75) is 0 Å². The van der Waals surface area contributed by atoms with E-state index >= 15 is 0 Å². The molecule has 0 bridgehead atoms. The molecule has 102 valence electrons. The number of halogens is 1. The van der Waals surface area contributed by atoms with Crippen molar-refractivity contribution in [2.75, 3.05) is 12.8 Å². The number of aromatic amines is 1. The van der Waals surface area contributed by atoms with Gasteiger partial charge in [0.05, 0.1) is 18.4 Å². The average molecular weight is 291 g/mol. The van der Waals surface area contributed by atoms with Crippen LogP contribution in [0, 0.1) is 0 Å². The SMILES string of the molecule is COc1ccc(Cl)cc1-c1c(-c2ccn[nH]2)noc1N. The zero-order valence-corrected chi connectivity index (χ0v) is 11.3. The number of ether oxygens (including phenoxy) is 1. The summed E-state index contributed by atoms with van der Waals surface area (Å²) in [5.74, 6) is 0.820. The first-order valence-electron chi connectivity index (χ1n) is 5.79. The molecule has 0 fully saturated rings. The molecule has 6 nitrogen and oxygen atoms in total. The van der Waals surface area contributed by atoms with Crippen molar-refractivity contribution in [2.24, 2.45) is 0 Å². The predicted molar refractivity (Wildman–Crippen MR) is 75.5 cm³/mol. The van der Waals surface area contributed by atoms with E-state index in [0.717, 1.165) is 0 Å². The summed E-state index contributed by atoms with van der Waals surface area (Å²) >= 11 is 6.05. The molecule has 2 heterocycles. The highest BCUT2D eigenvalue weighted by Crippen LogP contribution is 2.41. The summed E-state index contributed by atoms with van der Waals surface area (Å²) in [5, 5.41) is 11.3. The van der Waals surface area contributed by atoms with Gasteiger partial charge in [0.1, 0.15) is 11.4 Å². The topological polar surface area (TPSA) is 90.0 Å². The number of nitrogens with zero attached hydrogens (tertiary/aromatic N) is 2. The van der Waals surface area contributed by atoms with Crippen LogP contribution < -0.4 is 10.5 Å². The first kappa shape index (κ1) is 12.6. The third-order valence-corrected chi connectivity index (χ3v) is 3.14. The molecule has 0 spiro atoms. The van der Waals surface area contributed by atoms with E-state index in [-0.39, 0.29) is 5.88 Å². The van der Waals surface area contributed by atoms with Crippen LogP contribution in [0.2, 0.25) is 5.02 Å². The summed E-state index contributed by atoms with van der Waals surface area (Å²) in [4.78, 5) is 0. The number of nitrogens with one attached hydrogen (secondary N) is 1. The largest absolute Gasteiger partial charge is 0.496 e. The molecule has 2 aromatic heterocycles. The van der Waals surface area contributed by atoms with Gasteiger partial charge in [-0.3, -0.25) is 5.10 Å². The number of methoxy groups -OCH3 is 1. The highest BCUT2D eigenvalue weighted by atomic mass is 35.5. The number of rotatable bonds is 3. The molecule has 3 rings (SSSR count). The van der Waals surface area contributed by atoms with Crippen LogP contribution >= 0.6 is 11.6 Å². The maximum absolute atomic E-state index is 6.05. The van der Waals surface area contributed by atoms with Crippen LogP contribution in [0.3, 0.4) is 0 Å². The number of benzene rings is 1. The van der Waals surface area contributed by atoms with Gasteiger partial charge in [-0.25, -0.2) is 0 Å². The van der Waals surface area contributed by atoms with Crippen molar-refractivity contribution in [3.8, 4) is 28.3 Å². The molecule has 3 N–H and O–H groups in total. The van der Waals surface area contributed by atoms with Crippen molar-refractivity contribution in [1.29, 1.82) is 0 Å². The molecule has 0 saturated carbocycles. The fraction of sp³-hybridized carbons (Fsp3) is 0.0769. The maximum Gasteiger partial charge on any atom is 0.230 e. The quantitative estimate of drug-likeness (QED) is 0.774. The molecule has 0 radical (unpaired) electrons. The molecule has 0 amide bonds. The third-order valence-electron chi connectivity index (χ3n) is 2.91. The molecule has 0 aliphatic carbocycles. The first-order chi connectivity index (χ1) is 9.70. The Labute approximate surface area is 119 Å². The predicted octanol–water partition coefficient (Wildman–Crippen LogP) is 2.98. The number of anilines is 1. The van der Waals surface area contributed by atoms with Crippen molar-refractivity contribution in [3.05, 3.63) is 35.5 Å². The maximum atomic E-state index is 6.05. The number of hydrogen-bond acceptors (Lipinski definition) is 5. The van der Waals surface area contributed by atoms with Crippen molar-refractivity contribution in [1.82, 2.24) is 15.4 Å². The van der Waals surface area contributed by atoms with Crippen LogP contribution in [0.1, 0.15) is 0 Å².